The molecule has 0 aliphatic rings. The number of hydrogen-bond donors (Lipinski definition) is 1. The van der Waals surface area contributed by atoms with Crippen LogP contribution >= 0.6 is 11.6 Å². The summed E-state index contributed by atoms with van der Waals surface area (Å²) in [7, 11) is -4.11. The molecular weight excluding hydrogens is 472 g/mol. The molecule has 0 atom stereocenters. The minimum absolute atomic E-state index is 0.0134. The first-order valence-corrected chi connectivity index (χ1v) is 12.3. The maximum atomic E-state index is 13.5. The molecule has 5 aromatic rings. The molecule has 34 heavy (non-hydrogen) atoms. The van der Waals surface area contributed by atoms with E-state index in [9.17, 15) is 13.2 Å². The first-order chi connectivity index (χ1) is 16.3. The average molecular weight is 491 g/mol. The fourth-order valence-electron chi connectivity index (χ4n) is 3.84. The van der Waals surface area contributed by atoms with Crippen molar-refractivity contribution >= 4 is 38.1 Å². The van der Waals surface area contributed by atoms with Gasteiger partial charge in [-0.25, -0.2) is 13.4 Å². The molecule has 0 radical (unpaired) electrons. The number of pyridine rings is 2. The van der Waals surface area contributed by atoms with E-state index in [0.717, 1.165) is 11.1 Å². The molecule has 3 heterocycles. The number of sulfone groups is 1. The van der Waals surface area contributed by atoms with Gasteiger partial charge in [0.15, 0.2) is 0 Å². The highest BCUT2D eigenvalue weighted by Gasteiger charge is 2.24. The van der Waals surface area contributed by atoms with Crippen molar-refractivity contribution in [1.82, 2.24) is 14.0 Å². The summed E-state index contributed by atoms with van der Waals surface area (Å²) in [5.41, 5.74) is 1.91. The minimum Gasteiger partial charge on any atom is -0.305 e. The fourth-order valence-corrected chi connectivity index (χ4v) is 5.35. The first-order valence-electron chi connectivity index (χ1n) is 10.4. The van der Waals surface area contributed by atoms with E-state index in [1.54, 1.807) is 24.4 Å². The van der Waals surface area contributed by atoms with Crippen LogP contribution in [0.2, 0.25) is 5.02 Å². The summed E-state index contributed by atoms with van der Waals surface area (Å²) in [6, 6.07) is 19.8. The molecular formula is C25H19ClN4O3S. The predicted molar refractivity (Wildman–Crippen MR) is 130 cm³/mol. The van der Waals surface area contributed by atoms with Crippen LogP contribution in [0, 0.1) is 12.3 Å². The lowest BCUT2D eigenvalue weighted by Gasteiger charge is -2.15. The summed E-state index contributed by atoms with van der Waals surface area (Å²) in [5.74, 6) is 0. The molecule has 0 aliphatic carbocycles. The third-order valence-electron chi connectivity index (χ3n) is 5.66. The van der Waals surface area contributed by atoms with Gasteiger partial charge in [-0.1, -0.05) is 47.5 Å². The highest BCUT2D eigenvalue weighted by Crippen LogP contribution is 2.23. The average Bonchev–Trinajstić information content (AvgIpc) is 2.82. The number of hydrogen-bond acceptors (Lipinski definition) is 5. The monoisotopic (exact) mass is 490 g/mol. The largest absolute Gasteiger partial charge is 0.305 e. The summed E-state index contributed by atoms with van der Waals surface area (Å²) in [4.78, 5) is 17.7. The highest BCUT2D eigenvalue weighted by atomic mass is 35.5. The molecule has 170 valence electrons. The Morgan fingerprint density at radius 3 is 2.41 bits per heavy atom. The second-order valence-corrected chi connectivity index (χ2v) is 10.3. The minimum atomic E-state index is -4.11. The number of aryl methyl sites for hydroxylation is 1. The van der Waals surface area contributed by atoms with Crippen LogP contribution in [-0.2, 0) is 16.4 Å². The summed E-state index contributed by atoms with van der Waals surface area (Å²) >= 11 is 5.93. The summed E-state index contributed by atoms with van der Waals surface area (Å²) in [6.45, 7) is 2.14. The molecule has 0 bridgehead atoms. The van der Waals surface area contributed by atoms with E-state index in [-0.39, 0.29) is 32.9 Å². The Labute approximate surface area is 200 Å². The lowest BCUT2D eigenvalue weighted by atomic mass is 10.1. The SMILES string of the molecule is Cc1ccc(Cn2c(=N)c(S(=O)(=O)c3ccc(Cl)cc3)cc3c(=O)n4ccccc4nc32)cc1. The number of nitrogens with one attached hydrogen (secondary N) is 1. The number of halogens is 1. The van der Waals surface area contributed by atoms with Crippen LogP contribution < -0.4 is 11.0 Å². The number of nitrogens with zero attached hydrogens (tertiary/aromatic N) is 3. The van der Waals surface area contributed by atoms with Gasteiger partial charge < -0.3 is 4.57 Å². The Kier molecular flexibility index (Phi) is 5.34. The summed E-state index contributed by atoms with van der Waals surface area (Å²) < 4.78 is 29.9. The number of aromatic nitrogens is 3. The molecule has 0 aliphatic heterocycles. The van der Waals surface area contributed by atoms with E-state index < -0.39 is 15.4 Å². The van der Waals surface area contributed by atoms with Crippen molar-refractivity contribution in [2.45, 2.75) is 23.3 Å². The lowest BCUT2D eigenvalue weighted by molar-refractivity contribution is 0.591. The van der Waals surface area contributed by atoms with Gasteiger partial charge in [-0.2, -0.15) is 0 Å². The van der Waals surface area contributed by atoms with Gasteiger partial charge in [0.25, 0.3) is 5.56 Å². The molecule has 3 aromatic heterocycles. The molecule has 1 N–H and O–H groups in total. The number of fused-ring (bicyclic) bond motifs is 2. The van der Waals surface area contributed by atoms with Crippen molar-refractivity contribution in [2.75, 3.05) is 0 Å². The molecule has 0 saturated carbocycles. The Hall–Kier alpha value is -3.75. The van der Waals surface area contributed by atoms with Crippen LogP contribution in [0.1, 0.15) is 11.1 Å². The van der Waals surface area contributed by atoms with E-state index >= 15 is 0 Å². The van der Waals surface area contributed by atoms with Gasteiger partial charge in [0.2, 0.25) is 9.84 Å². The van der Waals surface area contributed by atoms with Crippen molar-refractivity contribution in [3.63, 3.8) is 0 Å². The van der Waals surface area contributed by atoms with Crippen LogP contribution in [-0.4, -0.2) is 22.4 Å². The van der Waals surface area contributed by atoms with Gasteiger partial charge >= 0.3 is 0 Å². The van der Waals surface area contributed by atoms with E-state index in [0.29, 0.717) is 10.7 Å². The van der Waals surface area contributed by atoms with Gasteiger partial charge in [0.05, 0.1) is 16.8 Å². The lowest BCUT2D eigenvalue weighted by Crippen LogP contribution is -2.30. The normalized spacial score (nSPS) is 11.8. The molecule has 0 fully saturated rings. The molecule has 7 nitrogen and oxygen atoms in total. The van der Waals surface area contributed by atoms with Crippen LogP contribution in [0.25, 0.3) is 16.7 Å². The topological polar surface area (TPSA) is 97.3 Å². The van der Waals surface area contributed by atoms with E-state index in [2.05, 4.69) is 4.98 Å². The van der Waals surface area contributed by atoms with Crippen molar-refractivity contribution in [3.8, 4) is 0 Å². The van der Waals surface area contributed by atoms with Gasteiger partial charge in [0.1, 0.15) is 21.7 Å². The zero-order valence-electron chi connectivity index (χ0n) is 18.1. The number of benzene rings is 2. The van der Waals surface area contributed by atoms with Crippen molar-refractivity contribution in [2.24, 2.45) is 0 Å². The zero-order chi connectivity index (χ0) is 24.0. The van der Waals surface area contributed by atoms with E-state index in [1.807, 2.05) is 31.2 Å². The third kappa shape index (κ3) is 3.70. The van der Waals surface area contributed by atoms with Crippen LogP contribution in [0.4, 0.5) is 0 Å². The van der Waals surface area contributed by atoms with Gasteiger partial charge in [-0.15, -0.1) is 0 Å². The van der Waals surface area contributed by atoms with Crippen molar-refractivity contribution in [3.05, 3.63) is 111 Å². The Morgan fingerprint density at radius 1 is 1.00 bits per heavy atom. The van der Waals surface area contributed by atoms with Gasteiger partial charge in [-0.3, -0.25) is 14.6 Å². The van der Waals surface area contributed by atoms with Crippen LogP contribution in [0.3, 0.4) is 0 Å². The molecule has 0 amide bonds. The maximum Gasteiger partial charge on any atom is 0.267 e. The van der Waals surface area contributed by atoms with Crippen molar-refractivity contribution < 1.29 is 8.42 Å². The van der Waals surface area contributed by atoms with Crippen LogP contribution in [0.5, 0.6) is 0 Å². The Morgan fingerprint density at radius 2 is 1.71 bits per heavy atom. The maximum absolute atomic E-state index is 13.5. The zero-order valence-corrected chi connectivity index (χ0v) is 19.6. The quantitative estimate of drug-likeness (QED) is 0.385. The molecule has 0 saturated heterocycles. The Balaban J connectivity index is 1.86. The summed E-state index contributed by atoms with van der Waals surface area (Å²) in [5, 5.41) is 9.36. The van der Waals surface area contributed by atoms with E-state index in [4.69, 9.17) is 17.0 Å². The van der Waals surface area contributed by atoms with E-state index in [1.165, 1.54) is 39.3 Å². The van der Waals surface area contributed by atoms with Gasteiger partial charge in [-0.05, 0) is 55.0 Å². The second kappa shape index (κ2) is 8.23. The molecule has 0 unspecified atom stereocenters. The highest BCUT2D eigenvalue weighted by molar-refractivity contribution is 7.91. The fraction of sp³-hybridized carbons (Fsp3) is 0.0800. The Bertz CT molecular complexity index is 1790. The molecule has 5 rings (SSSR count). The molecule has 9 heteroatoms. The number of rotatable bonds is 4. The smallest absolute Gasteiger partial charge is 0.267 e. The first kappa shape index (κ1) is 22.1. The van der Waals surface area contributed by atoms with Crippen LogP contribution in [0.15, 0.2) is 93.6 Å². The third-order valence-corrected chi connectivity index (χ3v) is 7.69. The molecule has 2 aromatic carbocycles. The van der Waals surface area contributed by atoms with Gasteiger partial charge in [0, 0.05) is 11.2 Å². The summed E-state index contributed by atoms with van der Waals surface area (Å²) in [6.07, 6.45) is 1.58. The predicted octanol–water partition coefficient (Wildman–Crippen LogP) is 3.97. The second-order valence-electron chi connectivity index (χ2n) is 7.97. The molecule has 0 spiro atoms. The standard InChI is InChI=1S/C25H19ClN4O3S/c1-16-5-7-17(8-6-16)15-30-23(27)21(34(32,33)19-11-9-18(26)10-12-19)14-20-24(30)28-22-4-2-3-13-29(22)25(20)31/h2-14,27H,15H2,1H3. The van der Waals surface area contributed by atoms with Crippen molar-refractivity contribution in [1.29, 1.82) is 5.41 Å².